The molecule has 0 spiro atoms. The van der Waals surface area contributed by atoms with Gasteiger partial charge in [-0.05, 0) is 30.3 Å². The molecule has 3 aromatic rings. The Hall–Kier alpha value is -3.09. The van der Waals surface area contributed by atoms with Gasteiger partial charge in [0.05, 0.1) is 11.9 Å². The fourth-order valence-corrected chi connectivity index (χ4v) is 2.00. The first-order valence-corrected chi connectivity index (χ1v) is 6.88. The van der Waals surface area contributed by atoms with E-state index in [2.05, 4.69) is 20.6 Å². The van der Waals surface area contributed by atoms with Crippen LogP contribution in [-0.2, 0) is 0 Å². The molecule has 2 radical (unpaired) electrons. The SMILES string of the molecule is [B]c1cccc(Nc2ncc(N)c(Nc3cccc(F)c3)n2)c1. The molecule has 112 valence electrons. The molecule has 1 heterocycles. The summed E-state index contributed by atoms with van der Waals surface area (Å²) in [7, 11) is 5.73. The van der Waals surface area contributed by atoms with E-state index in [-0.39, 0.29) is 5.82 Å². The fraction of sp³-hybridized carbons (Fsp3) is 0. The van der Waals surface area contributed by atoms with Crippen molar-refractivity contribution in [3.63, 3.8) is 0 Å². The van der Waals surface area contributed by atoms with E-state index in [1.807, 2.05) is 12.1 Å². The van der Waals surface area contributed by atoms with Gasteiger partial charge in [0.15, 0.2) is 5.82 Å². The Labute approximate surface area is 134 Å². The maximum atomic E-state index is 13.2. The van der Waals surface area contributed by atoms with Crippen molar-refractivity contribution in [2.75, 3.05) is 16.4 Å². The molecule has 0 saturated heterocycles. The average Bonchev–Trinajstić information content (AvgIpc) is 2.51. The van der Waals surface area contributed by atoms with Crippen LogP contribution in [0.3, 0.4) is 0 Å². The first-order chi connectivity index (χ1) is 11.1. The zero-order chi connectivity index (χ0) is 16.2. The number of hydrogen-bond donors (Lipinski definition) is 3. The van der Waals surface area contributed by atoms with Crippen LogP contribution in [0.15, 0.2) is 54.7 Å². The first kappa shape index (κ1) is 14.8. The standard InChI is InChI=1S/C16H13BFN5/c17-10-3-1-5-12(7-10)22-16-20-9-14(19)15(23-16)21-13-6-2-4-11(18)8-13/h1-9H,19H2,(H2,20,21,22,23). The molecular weight excluding hydrogens is 292 g/mol. The highest BCUT2D eigenvalue weighted by molar-refractivity contribution is 6.32. The van der Waals surface area contributed by atoms with Gasteiger partial charge in [0.25, 0.3) is 0 Å². The summed E-state index contributed by atoms with van der Waals surface area (Å²) in [5.74, 6) is 0.390. The van der Waals surface area contributed by atoms with Gasteiger partial charge in [0.2, 0.25) is 5.95 Å². The molecule has 0 atom stereocenters. The lowest BCUT2D eigenvalue weighted by Gasteiger charge is -2.11. The van der Waals surface area contributed by atoms with Gasteiger partial charge < -0.3 is 16.4 Å². The van der Waals surface area contributed by atoms with Crippen LogP contribution in [0.25, 0.3) is 0 Å². The van der Waals surface area contributed by atoms with Gasteiger partial charge >= 0.3 is 0 Å². The molecule has 0 bridgehead atoms. The van der Waals surface area contributed by atoms with E-state index in [1.165, 1.54) is 18.3 Å². The quantitative estimate of drug-likeness (QED) is 0.646. The van der Waals surface area contributed by atoms with E-state index >= 15 is 0 Å². The normalized spacial score (nSPS) is 10.3. The van der Waals surface area contributed by atoms with Crippen molar-refractivity contribution < 1.29 is 4.39 Å². The molecule has 23 heavy (non-hydrogen) atoms. The number of benzene rings is 2. The van der Waals surface area contributed by atoms with Gasteiger partial charge in [-0.3, -0.25) is 0 Å². The van der Waals surface area contributed by atoms with E-state index in [0.717, 1.165) is 5.69 Å². The highest BCUT2D eigenvalue weighted by Crippen LogP contribution is 2.22. The second-order valence-corrected chi connectivity index (χ2v) is 4.88. The van der Waals surface area contributed by atoms with E-state index in [1.54, 1.807) is 24.3 Å². The number of anilines is 5. The molecule has 3 rings (SSSR count). The summed E-state index contributed by atoms with van der Waals surface area (Å²) in [5, 5.41) is 6.01. The minimum absolute atomic E-state index is 0.347. The highest BCUT2D eigenvalue weighted by atomic mass is 19.1. The summed E-state index contributed by atoms with van der Waals surface area (Å²) >= 11 is 0. The van der Waals surface area contributed by atoms with Gasteiger partial charge in [-0.25, -0.2) is 9.37 Å². The zero-order valence-electron chi connectivity index (χ0n) is 12.1. The van der Waals surface area contributed by atoms with Crippen LogP contribution in [0, 0.1) is 5.82 Å². The number of halogens is 1. The molecule has 0 unspecified atom stereocenters. The number of hydrogen-bond acceptors (Lipinski definition) is 5. The van der Waals surface area contributed by atoms with Gasteiger partial charge in [0.1, 0.15) is 13.7 Å². The van der Waals surface area contributed by atoms with Crippen molar-refractivity contribution >= 4 is 42.1 Å². The number of nitrogens with zero attached hydrogens (tertiary/aromatic N) is 2. The summed E-state index contributed by atoms with van der Waals surface area (Å²) in [6.45, 7) is 0. The average molecular weight is 305 g/mol. The number of nitrogens with one attached hydrogen (secondary N) is 2. The molecule has 0 amide bonds. The predicted octanol–water partition coefficient (Wildman–Crippen LogP) is 2.48. The Bertz CT molecular complexity index is 840. The van der Waals surface area contributed by atoms with Crippen LogP contribution >= 0.6 is 0 Å². The van der Waals surface area contributed by atoms with Crippen molar-refractivity contribution in [1.82, 2.24) is 9.97 Å². The molecule has 0 fully saturated rings. The summed E-state index contributed by atoms with van der Waals surface area (Å²) in [6.07, 6.45) is 1.48. The Morgan fingerprint density at radius 2 is 1.74 bits per heavy atom. The van der Waals surface area contributed by atoms with Crippen LogP contribution in [-0.4, -0.2) is 17.8 Å². The smallest absolute Gasteiger partial charge is 0.229 e. The molecule has 4 N–H and O–H groups in total. The Balaban J connectivity index is 1.84. The molecule has 0 saturated carbocycles. The van der Waals surface area contributed by atoms with Gasteiger partial charge in [-0.15, -0.1) is 0 Å². The molecule has 1 aromatic heterocycles. The number of nitrogen functional groups attached to an aromatic ring is 1. The molecule has 0 aliphatic heterocycles. The van der Waals surface area contributed by atoms with Gasteiger partial charge in [-0.2, -0.15) is 4.98 Å². The van der Waals surface area contributed by atoms with Crippen molar-refractivity contribution in [2.24, 2.45) is 0 Å². The maximum Gasteiger partial charge on any atom is 0.229 e. The first-order valence-electron chi connectivity index (χ1n) is 6.88. The molecular formula is C16H13BFN5. The number of rotatable bonds is 4. The van der Waals surface area contributed by atoms with Crippen LogP contribution in [0.1, 0.15) is 0 Å². The third-order valence-electron chi connectivity index (χ3n) is 3.05. The van der Waals surface area contributed by atoms with E-state index in [4.69, 9.17) is 13.6 Å². The van der Waals surface area contributed by atoms with Crippen LogP contribution in [0.5, 0.6) is 0 Å². The second kappa shape index (κ2) is 6.35. The summed E-state index contributed by atoms with van der Waals surface area (Å²) < 4.78 is 13.2. The topological polar surface area (TPSA) is 75.9 Å². The summed E-state index contributed by atoms with van der Waals surface area (Å²) in [5.41, 5.74) is 8.15. The third kappa shape index (κ3) is 3.76. The van der Waals surface area contributed by atoms with Crippen molar-refractivity contribution in [2.45, 2.75) is 0 Å². The second-order valence-electron chi connectivity index (χ2n) is 4.88. The van der Waals surface area contributed by atoms with Crippen molar-refractivity contribution in [3.8, 4) is 0 Å². The third-order valence-corrected chi connectivity index (χ3v) is 3.05. The fourth-order valence-electron chi connectivity index (χ4n) is 2.00. The monoisotopic (exact) mass is 305 g/mol. The molecule has 0 aliphatic rings. The predicted molar refractivity (Wildman–Crippen MR) is 91.2 cm³/mol. The van der Waals surface area contributed by atoms with Crippen LogP contribution in [0.4, 0.5) is 33.2 Å². The van der Waals surface area contributed by atoms with E-state index in [0.29, 0.717) is 28.6 Å². The Kier molecular flexibility index (Phi) is 4.10. The maximum absolute atomic E-state index is 13.2. The number of nitrogens with two attached hydrogens (primary N) is 1. The number of aromatic nitrogens is 2. The van der Waals surface area contributed by atoms with Crippen LogP contribution < -0.4 is 21.8 Å². The molecule has 5 nitrogen and oxygen atoms in total. The molecule has 2 aromatic carbocycles. The lowest BCUT2D eigenvalue weighted by Crippen LogP contribution is -2.06. The molecule has 0 aliphatic carbocycles. The van der Waals surface area contributed by atoms with Crippen LogP contribution in [0.2, 0.25) is 0 Å². The summed E-state index contributed by atoms with van der Waals surface area (Å²) in [6, 6.07) is 13.2. The van der Waals surface area contributed by atoms with E-state index < -0.39 is 0 Å². The zero-order valence-corrected chi connectivity index (χ0v) is 12.1. The van der Waals surface area contributed by atoms with Crippen molar-refractivity contribution in [3.05, 3.63) is 60.5 Å². The lowest BCUT2D eigenvalue weighted by atomic mass is 9.96. The van der Waals surface area contributed by atoms with Gasteiger partial charge in [0, 0.05) is 11.4 Å². The molecule has 7 heteroatoms. The minimum atomic E-state index is -0.347. The van der Waals surface area contributed by atoms with Crippen molar-refractivity contribution in [1.29, 1.82) is 0 Å². The largest absolute Gasteiger partial charge is 0.394 e. The van der Waals surface area contributed by atoms with Gasteiger partial charge in [-0.1, -0.05) is 23.7 Å². The summed E-state index contributed by atoms with van der Waals surface area (Å²) in [4.78, 5) is 8.42. The highest BCUT2D eigenvalue weighted by Gasteiger charge is 2.06. The Morgan fingerprint density at radius 1 is 1.00 bits per heavy atom. The lowest BCUT2D eigenvalue weighted by molar-refractivity contribution is 0.628. The Morgan fingerprint density at radius 3 is 2.48 bits per heavy atom. The van der Waals surface area contributed by atoms with E-state index in [9.17, 15) is 4.39 Å². The minimum Gasteiger partial charge on any atom is -0.394 e.